The fraction of sp³-hybridized carbons (Fsp3) is 0.278. The largest absolute Gasteiger partial charge is 0.469 e. The van der Waals surface area contributed by atoms with Gasteiger partial charge in [0.15, 0.2) is 11.0 Å². The van der Waals surface area contributed by atoms with Gasteiger partial charge in [0.25, 0.3) is 0 Å². The van der Waals surface area contributed by atoms with E-state index in [1.165, 1.54) is 11.8 Å². The predicted octanol–water partition coefficient (Wildman–Crippen LogP) is 3.93. The van der Waals surface area contributed by atoms with E-state index < -0.39 is 0 Å². The molecule has 1 saturated heterocycles. The number of para-hydroxylation sites is 1. The van der Waals surface area contributed by atoms with Gasteiger partial charge in [0.05, 0.1) is 27.8 Å². The van der Waals surface area contributed by atoms with Crippen molar-refractivity contribution < 1.29 is 9.21 Å². The van der Waals surface area contributed by atoms with E-state index >= 15 is 0 Å². The van der Waals surface area contributed by atoms with Crippen LogP contribution in [-0.2, 0) is 11.8 Å². The van der Waals surface area contributed by atoms with E-state index in [1.54, 1.807) is 17.2 Å². The average molecular weight is 389 g/mol. The summed E-state index contributed by atoms with van der Waals surface area (Å²) in [5.41, 5.74) is 1.66. The minimum atomic E-state index is -0.201. The second kappa shape index (κ2) is 6.81. The number of nitrogens with zero attached hydrogens (tertiary/aromatic N) is 4. The van der Waals surface area contributed by atoms with Crippen LogP contribution in [0.2, 0.25) is 5.02 Å². The third-order valence-corrected chi connectivity index (χ3v) is 6.09. The van der Waals surface area contributed by atoms with Gasteiger partial charge in [-0.1, -0.05) is 35.5 Å². The van der Waals surface area contributed by atoms with E-state index in [-0.39, 0.29) is 11.2 Å². The molecule has 1 aliphatic heterocycles. The molecule has 1 fully saturated rings. The smallest absolute Gasteiger partial charge is 0.240 e. The Balaban J connectivity index is 1.54. The lowest BCUT2D eigenvalue weighted by atomic mass is 10.2. The number of aryl methyl sites for hydroxylation is 1. The summed E-state index contributed by atoms with van der Waals surface area (Å²) in [6.45, 7) is 2.53. The molecule has 1 amide bonds. The van der Waals surface area contributed by atoms with Crippen LogP contribution in [0.5, 0.6) is 0 Å². The molecule has 1 atom stereocenters. The van der Waals surface area contributed by atoms with Gasteiger partial charge < -0.3 is 13.9 Å². The highest BCUT2D eigenvalue weighted by Gasteiger charge is 2.35. The number of hydrogen-bond acceptors (Lipinski definition) is 5. The molecule has 26 heavy (non-hydrogen) atoms. The Labute approximate surface area is 160 Å². The summed E-state index contributed by atoms with van der Waals surface area (Å²) < 4.78 is 7.24. The van der Waals surface area contributed by atoms with Crippen molar-refractivity contribution in [1.29, 1.82) is 0 Å². The van der Waals surface area contributed by atoms with Crippen molar-refractivity contribution in [2.24, 2.45) is 7.05 Å². The van der Waals surface area contributed by atoms with Crippen molar-refractivity contribution >= 4 is 35.0 Å². The highest BCUT2D eigenvalue weighted by atomic mass is 35.5. The fourth-order valence-electron chi connectivity index (χ4n) is 3.07. The maximum atomic E-state index is 12.8. The quantitative estimate of drug-likeness (QED) is 0.677. The first-order valence-electron chi connectivity index (χ1n) is 8.22. The zero-order valence-electron chi connectivity index (χ0n) is 14.3. The highest BCUT2D eigenvalue weighted by molar-refractivity contribution is 8.00. The van der Waals surface area contributed by atoms with E-state index in [0.29, 0.717) is 16.7 Å². The van der Waals surface area contributed by atoms with E-state index in [9.17, 15) is 4.79 Å². The second-order valence-corrected chi connectivity index (χ2v) is 7.67. The molecule has 0 saturated carbocycles. The van der Waals surface area contributed by atoms with Crippen LogP contribution in [0.4, 0.5) is 5.69 Å². The monoisotopic (exact) mass is 388 g/mol. The van der Waals surface area contributed by atoms with E-state index in [1.807, 2.05) is 42.8 Å². The molecule has 0 radical (unpaired) electrons. The topological polar surface area (TPSA) is 64.2 Å². The predicted molar refractivity (Wildman–Crippen MR) is 102 cm³/mol. The maximum absolute atomic E-state index is 12.8. The van der Waals surface area contributed by atoms with Crippen molar-refractivity contribution in [3.05, 3.63) is 47.4 Å². The lowest BCUT2D eigenvalue weighted by molar-refractivity contribution is -0.116. The number of hydrogen-bond donors (Lipinski definition) is 0. The molecule has 0 aliphatic carbocycles. The van der Waals surface area contributed by atoms with Crippen LogP contribution in [0.25, 0.3) is 11.4 Å². The summed E-state index contributed by atoms with van der Waals surface area (Å²) in [6.07, 6.45) is 2.37. The number of thioether (sulfide) groups is 1. The Kier molecular flexibility index (Phi) is 4.50. The first kappa shape index (κ1) is 17.2. The van der Waals surface area contributed by atoms with Gasteiger partial charge in [-0.3, -0.25) is 4.79 Å². The van der Waals surface area contributed by atoms with Gasteiger partial charge in [-0.2, -0.15) is 0 Å². The van der Waals surface area contributed by atoms with Crippen molar-refractivity contribution in [2.45, 2.75) is 23.8 Å². The van der Waals surface area contributed by atoms with Gasteiger partial charge in [-0.25, -0.2) is 0 Å². The minimum absolute atomic E-state index is 0.0483. The number of carbonyl (C=O) groups is 1. The molecule has 0 spiro atoms. The van der Waals surface area contributed by atoms with E-state index in [4.69, 9.17) is 16.0 Å². The van der Waals surface area contributed by atoms with Gasteiger partial charge in [-0.05, 0) is 31.5 Å². The summed E-state index contributed by atoms with van der Waals surface area (Å²) in [7, 11) is 1.90. The molecule has 3 aromatic rings. The molecule has 8 heteroatoms. The number of carbonyl (C=O) groups excluding carboxylic acids is 1. The summed E-state index contributed by atoms with van der Waals surface area (Å²) in [4.78, 5) is 14.6. The van der Waals surface area contributed by atoms with Crippen LogP contribution < -0.4 is 4.90 Å². The molecule has 0 N–H and O–H groups in total. The number of halogens is 1. The van der Waals surface area contributed by atoms with E-state index in [2.05, 4.69) is 10.2 Å². The summed E-state index contributed by atoms with van der Waals surface area (Å²) >= 11 is 7.68. The van der Waals surface area contributed by atoms with Crippen molar-refractivity contribution in [3.63, 3.8) is 0 Å². The van der Waals surface area contributed by atoms with Gasteiger partial charge >= 0.3 is 0 Å². The molecule has 0 bridgehead atoms. The molecule has 4 rings (SSSR count). The summed E-state index contributed by atoms with van der Waals surface area (Å²) in [6, 6.07) is 9.28. The van der Waals surface area contributed by atoms with Gasteiger partial charge in [0.1, 0.15) is 5.76 Å². The number of amides is 1. The van der Waals surface area contributed by atoms with Crippen LogP contribution in [0.1, 0.15) is 12.2 Å². The molecule has 134 valence electrons. The second-order valence-electron chi connectivity index (χ2n) is 6.09. The maximum Gasteiger partial charge on any atom is 0.240 e. The number of rotatable bonds is 4. The zero-order valence-corrected chi connectivity index (χ0v) is 15.9. The Bertz CT molecular complexity index is 968. The average Bonchev–Trinajstić information content (AvgIpc) is 3.30. The Morgan fingerprint density at radius 1 is 1.27 bits per heavy atom. The van der Waals surface area contributed by atoms with Crippen molar-refractivity contribution in [1.82, 2.24) is 14.8 Å². The standard InChI is InChI=1S/C18H17ClN4O2S/c1-11-12(8-10-25-11)16-20-21-18(22(16)2)26-15-7-9-23(17(15)24)14-6-4-3-5-13(14)19/h3-6,8,10,15H,7,9H2,1-2H3. The number of aromatic nitrogens is 3. The van der Waals surface area contributed by atoms with Crippen LogP contribution in [0.15, 0.2) is 46.2 Å². The number of furan rings is 1. The molecular weight excluding hydrogens is 372 g/mol. The Hall–Kier alpha value is -2.25. The molecule has 1 aromatic carbocycles. The van der Waals surface area contributed by atoms with Crippen LogP contribution in [-0.4, -0.2) is 32.5 Å². The Morgan fingerprint density at radius 3 is 2.81 bits per heavy atom. The first-order chi connectivity index (χ1) is 12.6. The normalized spacial score (nSPS) is 17.3. The molecule has 1 aliphatic rings. The fourth-order valence-corrected chi connectivity index (χ4v) is 4.35. The van der Waals surface area contributed by atoms with Crippen molar-refractivity contribution in [3.8, 4) is 11.4 Å². The highest BCUT2D eigenvalue weighted by Crippen LogP contribution is 2.36. The SMILES string of the molecule is Cc1occc1-c1nnc(SC2CCN(c3ccccc3Cl)C2=O)n1C. The molecule has 1 unspecified atom stereocenters. The van der Waals surface area contributed by atoms with Crippen LogP contribution in [0, 0.1) is 6.92 Å². The van der Waals surface area contributed by atoms with E-state index in [0.717, 1.165) is 29.3 Å². The zero-order chi connectivity index (χ0) is 18.3. The third kappa shape index (κ3) is 2.91. The molecule has 3 heterocycles. The number of anilines is 1. The third-order valence-electron chi connectivity index (χ3n) is 4.48. The summed E-state index contributed by atoms with van der Waals surface area (Å²) in [5.74, 6) is 1.57. The van der Waals surface area contributed by atoms with Gasteiger partial charge in [-0.15, -0.1) is 10.2 Å². The molecule has 2 aromatic heterocycles. The Morgan fingerprint density at radius 2 is 2.08 bits per heavy atom. The lowest BCUT2D eigenvalue weighted by Gasteiger charge is -2.17. The lowest BCUT2D eigenvalue weighted by Crippen LogP contribution is -2.28. The van der Waals surface area contributed by atoms with Gasteiger partial charge in [0, 0.05) is 13.6 Å². The molecule has 6 nitrogen and oxygen atoms in total. The van der Waals surface area contributed by atoms with Crippen LogP contribution >= 0.6 is 23.4 Å². The van der Waals surface area contributed by atoms with Crippen LogP contribution in [0.3, 0.4) is 0 Å². The van der Waals surface area contributed by atoms with Gasteiger partial charge in [0.2, 0.25) is 5.91 Å². The number of benzene rings is 1. The first-order valence-corrected chi connectivity index (χ1v) is 9.48. The molecular formula is C18H17ClN4O2S. The summed E-state index contributed by atoms with van der Waals surface area (Å²) in [5, 5.41) is 9.62. The minimum Gasteiger partial charge on any atom is -0.469 e. The van der Waals surface area contributed by atoms with Crippen molar-refractivity contribution in [2.75, 3.05) is 11.4 Å².